The Labute approximate surface area is 121 Å². The van der Waals surface area contributed by atoms with Gasteiger partial charge in [0.25, 0.3) is 0 Å². The second-order valence-corrected chi connectivity index (χ2v) is 5.88. The lowest BCUT2D eigenvalue weighted by Crippen LogP contribution is -2.38. The fourth-order valence-corrected chi connectivity index (χ4v) is 2.73. The number of rotatable bonds is 5. The number of hydrogen-bond donors (Lipinski definition) is 0. The van der Waals surface area contributed by atoms with Crippen LogP contribution >= 0.6 is 11.6 Å². The Hall–Kier alpha value is -0.570. The first-order valence-electron chi connectivity index (χ1n) is 7.24. The Morgan fingerprint density at radius 1 is 1.16 bits per heavy atom. The van der Waals surface area contributed by atoms with Crippen LogP contribution in [0.2, 0.25) is 0 Å². The molecular weight excluding hydrogens is 258 g/mol. The first-order chi connectivity index (χ1) is 9.20. The average molecular weight is 282 g/mol. The van der Waals surface area contributed by atoms with Crippen molar-refractivity contribution < 1.29 is 4.74 Å². The molecule has 0 radical (unpaired) electrons. The zero-order valence-corrected chi connectivity index (χ0v) is 12.7. The van der Waals surface area contributed by atoms with E-state index in [2.05, 4.69) is 43.0 Å². The second kappa shape index (κ2) is 7.28. The SMILES string of the molecule is CCC(C)c1ccc(C(Cl)CN2CCOCC2)cc1. The smallest absolute Gasteiger partial charge is 0.0712 e. The van der Waals surface area contributed by atoms with E-state index in [1.165, 1.54) is 17.5 Å². The van der Waals surface area contributed by atoms with Crippen molar-refractivity contribution in [1.29, 1.82) is 0 Å². The summed E-state index contributed by atoms with van der Waals surface area (Å²) in [6, 6.07) is 8.80. The molecule has 0 aromatic heterocycles. The van der Waals surface area contributed by atoms with E-state index in [0.717, 1.165) is 32.8 Å². The van der Waals surface area contributed by atoms with Crippen LogP contribution in [0.25, 0.3) is 0 Å². The van der Waals surface area contributed by atoms with Gasteiger partial charge in [-0.25, -0.2) is 0 Å². The summed E-state index contributed by atoms with van der Waals surface area (Å²) in [4.78, 5) is 2.38. The monoisotopic (exact) mass is 281 g/mol. The summed E-state index contributed by atoms with van der Waals surface area (Å²) in [6.45, 7) is 9.05. The summed E-state index contributed by atoms with van der Waals surface area (Å²) in [6.07, 6.45) is 1.18. The fraction of sp³-hybridized carbons (Fsp3) is 0.625. The van der Waals surface area contributed by atoms with E-state index in [-0.39, 0.29) is 5.38 Å². The number of alkyl halides is 1. The van der Waals surface area contributed by atoms with Crippen molar-refractivity contribution in [3.8, 4) is 0 Å². The van der Waals surface area contributed by atoms with E-state index in [9.17, 15) is 0 Å². The molecule has 19 heavy (non-hydrogen) atoms. The third-order valence-electron chi connectivity index (χ3n) is 4.00. The van der Waals surface area contributed by atoms with Gasteiger partial charge in [-0.15, -0.1) is 11.6 Å². The number of ether oxygens (including phenoxy) is 1. The maximum Gasteiger partial charge on any atom is 0.0712 e. The number of nitrogens with zero attached hydrogens (tertiary/aromatic N) is 1. The minimum atomic E-state index is 0.0732. The van der Waals surface area contributed by atoms with E-state index < -0.39 is 0 Å². The zero-order chi connectivity index (χ0) is 13.7. The van der Waals surface area contributed by atoms with Gasteiger partial charge in [0.05, 0.1) is 18.6 Å². The van der Waals surface area contributed by atoms with E-state index in [1.54, 1.807) is 0 Å². The normalized spacial score (nSPS) is 20.2. The lowest BCUT2D eigenvalue weighted by molar-refractivity contribution is 0.0379. The van der Waals surface area contributed by atoms with E-state index in [4.69, 9.17) is 16.3 Å². The first kappa shape index (κ1) is 14.8. The summed E-state index contributed by atoms with van der Waals surface area (Å²) < 4.78 is 5.36. The number of morpholine rings is 1. The Balaban J connectivity index is 1.93. The van der Waals surface area contributed by atoms with Crippen molar-refractivity contribution in [2.24, 2.45) is 0 Å². The molecule has 1 aromatic rings. The minimum Gasteiger partial charge on any atom is -0.379 e. The maximum atomic E-state index is 6.52. The highest BCUT2D eigenvalue weighted by atomic mass is 35.5. The molecule has 0 N–H and O–H groups in total. The molecule has 1 aliphatic heterocycles. The standard InChI is InChI=1S/C16H24ClNO/c1-3-13(2)14-4-6-15(7-5-14)16(17)12-18-8-10-19-11-9-18/h4-7,13,16H,3,8-12H2,1-2H3. The van der Waals surface area contributed by atoms with E-state index in [0.29, 0.717) is 5.92 Å². The summed E-state index contributed by atoms with van der Waals surface area (Å²) in [5, 5.41) is 0.0732. The molecule has 1 heterocycles. The predicted octanol–water partition coefficient (Wildman–Crippen LogP) is 3.81. The van der Waals surface area contributed by atoms with Crippen LogP contribution in [0, 0.1) is 0 Å². The summed E-state index contributed by atoms with van der Waals surface area (Å²) in [5.74, 6) is 0.627. The van der Waals surface area contributed by atoms with E-state index in [1.807, 2.05) is 0 Å². The molecule has 1 fully saturated rings. The topological polar surface area (TPSA) is 12.5 Å². The zero-order valence-electron chi connectivity index (χ0n) is 11.9. The highest BCUT2D eigenvalue weighted by molar-refractivity contribution is 6.21. The molecule has 106 valence electrons. The molecule has 2 nitrogen and oxygen atoms in total. The van der Waals surface area contributed by atoms with Gasteiger partial charge in [-0.2, -0.15) is 0 Å². The number of benzene rings is 1. The van der Waals surface area contributed by atoms with Gasteiger partial charge in [0.1, 0.15) is 0 Å². The molecule has 2 unspecified atom stereocenters. The van der Waals surface area contributed by atoms with Crippen molar-refractivity contribution in [3.63, 3.8) is 0 Å². The molecule has 1 saturated heterocycles. The highest BCUT2D eigenvalue weighted by Gasteiger charge is 2.16. The van der Waals surface area contributed by atoms with Crippen LogP contribution in [0.3, 0.4) is 0 Å². The molecule has 0 saturated carbocycles. The third kappa shape index (κ3) is 4.20. The van der Waals surface area contributed by atoms with Gasteiger partial charge in [-0.05, 0) is 23.5 Å². The number of hydrogen-bond acceptors (Lipinski definition) is 2. The molecule has 0 aliphatic carbocycles. The van der Waals surface area contributed by atoms with Crippen LogP contribution in [0.15, 0.2) is 24.3 Å². The van der Waals surface area contributed by atoms with Crippen molar-refractivity contribution in [2.45, 2.75) is 31.6 Å². The molecule has 0 bridgehead atoms. The lowest BCUT2D eigenvalue weighted by atomic mass is 9.97. The van der Waals surface area contributed by atoms with Gasteiger partial charge in [0, 0.05) is 19.6 Å². The molecule has 2 atom stereocenters. The van der Waals surface area contributed by atoms with Crippen molar-refractivity contribution in [2.75, 3.05) is 32.8 Å². The fourth-order valence-electron chi connectivity index (χ4n) is 2.38. The summed E-state index contributed by atoms with van der Waals surface area (Å²) in [7, 11) is 0. The molecule has 0 amide bonds. The Morgan fingerprint density at radius 2 is 1.74 bits per heavy atom. The Kier molecular flexibility index (Phi) is 5.68. The van der Waals surface area contributed by atoms with E-state index >= 15 is 0 Å². The van der Waals surface area contributed by atoms with Crippen molar-refractivity contribution in [3.05, 3.63) is 35.4 Å². The van der Waals surface area contributed by atoms with Gasteiger partial charge < -0.3 is 4.74 Å². The van der Waals surface area contributed by atoms with Crippen LogP contribution < -0.4 is 0 Å². The Bertz CT molecular complexity index is 373. The average Bonchev–Trinajstić information content (AvgIpc) is 2.47. The van der Waals surface area contributed by atoms with Gasteiger partial charge in [-0.1, -0.05) is 38.1 Å². The second-order valence-electron chi connectivity index (χ2n) is 5.36. The summed E-state index contributed by atoms with van der Waals surface area (Å²) >= 11 is 6.52. The van der Waals surface area contributed by atoms with Gasteiger partial charge in [0.15, 0.2) is 0 Å². The highest BCUT2D eigenvalue weighted by Crippen LogP contribution is 2.25. The van der Waals surface area contributed by atoms with Gasteiger partial charge >= 0.3 is 0 Å². The van der Waals surface area contributed by atoms with Crippen LogP contribution in [0.4, 0.5) is 0 Å². The Morgan fingerprint density at radius 3 is 2.32 bits per heavy atom. The van der Waals surface area contributed by atoms with Crippen molar-refractivity contribution in [1.82, 2.24) is 4.90 Å². The summed E-state index contributed by atoms with van der Waals surface area (Å²) in [5.41, 5.74) is 2.63. The van der Waals surface area contributed by atoms with Crippen LogP contribution in [-0.4, -0.2) is 37.7 Å². The molecule has 1 aromatic carbocycles. The van der Waals surface area contributed by atoms with Crippen LogP contribution in [0.1, 0.15) is 42.7 Å². The largest absolute Gasteiger partial charge is 0.379 e. The molecular formula is C16H24ClNO. The van der Waals surface area contributed by atoms with Crippen LogP contribution in [-0.2, 0) is 4.74 Å². The molecule has 0 spiro atoms. The molecule has 1 aliphatic rings. The quantitative estimate of drug-likeness (QED) is 0.761. The lowest BCUT2D eigenvalue weighted by Gasteiger charge is -2.28. The third-order valence-corrected chi connectivity index (χ3v) is 4.39. The number of halogens is 1. The molecule has 3 heteroatoms. The predicted molar refractivity (Wildman–Crippen MR) is 81.0 cm³/mol. The minimum absolute atomic E-state index is 0.0732. The van der Waals surface area contributed by atoms with Crippen LogP contribution in [0.5, 0.6) is 0 Å². The van der Waals surface area contributed by atoms with Crippen molar-refractivity contribution >= 4 is 11.6 Å². The molecule has 2 rings (SSSR count). The van der Waals surface area contributed by atoms with Gasteiger partial charge in [0.2, 0.25) is 0 Å². The first-order valence-corrected chi connectivity index (χ1v) is 7.68. The van der Waals surface area contributed by atoms with Gasteiger partial charge in [-0.3, -0.25) is 4.90 Å². The maximum absolute atomic E-state index is 6.52.